The molecule has 1 aliphatic heterocycles. The van der Waals surface area contributed by atoms with E-state index in [0.717, 1.165) is 32.1 Å². The van der Waals surface area contributed by atoms with Crippen molar-refractivity contribution in [3.05, 3.63) is 0 Å². The molecule has 1 saturated carbocycles. The van der Waals surface area contributed by atoms with Crippen LogP contribution in [0.25, 0.3) is 0 Å². The maximum atomic E-state index is 13.2. The molecule has 2 fully saturated rings. The Balaban J connectivity index is 1.87. The predicted molar refractivity (Wildman–Crippen MR) is 58.2 cm³/mol. The van der Waals surface area contributed by atoms with Gasteiger partial charge in [-0.05, 0) is 12.8 Å². The second kappa shape index (κ2) is 4.94. The molecule has 2 N–H and O–H groups in total. The van der Waals surface area contributed by atoms with Gasteiger partial charge in [-0.1, -0.05) is 6.42 Å². The zero-order valence-electron chi connectivity index (χ0n) is 9.55. The highest BCUT2D eigenvalue weighted by Crippen LogP contribution is 2.46. The Morgan fingerprint density at radius 1 is 1.35 bits per heavy atom. The van der Waals surface area contributed by atoms with E-state index in [9.17, 15) is 8.96 Å². The van der Waals surface area contributed by atoms with Crippen molar-refractivity contribution in [2.75, 3.05) is 6.61 Å². The highest BCUT2D eigenvalue weighted by atomic mass is 31.2. The number of rotatable bonds is 3. The fraction of sp³-hybridized carbons (Fsp3) is 1.00. The van der Waals surface area contributed by atoms with Gasteiger partial charge in [-0.25, -0.2) is 4.39 Å². The van der Waals surface area contributed by atoms with Crippen molar-refractivity contribution in [2.24, 2.45) is 0 Å². The maximum Gasteiger partial charge on any atom is 0.359 e. The first kappa shape index (κ1) is 13.4. The minimum Gasteiger partial charge on any atom is -0.347 e. The molecule has 1 saturated heterocycles. The summed E-state index contributed by atoms with van der Waals surface area (Å²) in [5, 5.41) is 0. The largest absolute Gasteiger partial charge is 0.359 e. The molecule has 100 valence electrons. The number of halogens is 1. The number of hydrogen-bond acceptors (Lipinski definition) is 3. The van der Waals surface area contributed by atoms with E-state index in [1.165, 1.54) is 0 Å². The molecule has 2 aliphatic rings. The average Bonchev–Trinajstić information content (AvgIpc) is 2.61. The van der Waals surface area contributed by atoms with E-state index < -0.39 is 25.4 Å². The Kier molecular flexibility index (Phi) is 3.90. The lowest BCUT2D eigenvalue weighted by Crippen LogP contribution is -2.33. The van der Waals surface area contributed by atoms with Crippen molar-refractivity contribution in [1.82, 2.24) is 0 Å². The van der Waals surface area contributed by atoms with Crippen molar-refractivity contribution in [3.8, 4) is 0 Å². The van der Waals surface area contributed by atoms with E-state index in [2.05, 4.69) is 0 Å². The summed E-state index contributed by atoms with van der Waals surface area (Å²) in [4.78, 5) is 17.4. The lowest BCUT2D eigenvalue weighted by Gasteiger charge is -2.31. The van der Waals surface area contributed by atoms with Crippen molar-refractivity contribution >= 4 is 7.60 Å². The van der Waals surface area contributed by atoms with Crippen LogP contribution in [0.1, 0.15) is 38.5 Å². The standard InChI is InChI=1S/C10H18FO5P/c11-9(17(12,13)14)6-8-7-15-10(16-8)4-2-1-3-5-10/h8-9H,1-7H2,(H2,12,13,14). The molecular weight excluding hydrogens is 250 g/mol. The molecule has 17 heavy (non-hydrogen) atoms. The lowest BCUT2D eigenvalue weighted by atomic mass is 9.94. The van der Waals surface area contributed by atoms with Crippen LogP contribution in [0.4, 0.5) is 4.39 Å². The molecule has 0 bridgehead atoms. The maximum absolute atomic E-state index is 13.2. The summed E-state index contributed by atoms with van der Waals surface area (Å²) >= 11 is 0. The van der Waals surface area contributed by atoms with Crippen LogP contribution in [0.5, 0.6) is 0 Å². The second-order valence-corrected chi connectivity index (χ2v) is 6.52. The van der Waals surface area contributed by atoms with Gasteiger partial charge in [0.2, 0.25) is 5.91 Å². The minimum atomic E-state index is -4.66. The summed E-state index contributed by atoms with van der Waals surface area (Å²) in [6.07, 6.45) is 3.91. The van der Waals surface area contributed by atoms with Gasteiger partial charge in [0.25, 0.3) is 0 Å². The van der Waals surface area contributed by atoms with Crippen molar-refractivity contribution < 1.29 is 28.2 Å². The van der Waals surface area contributed by atoms with E-state index in [1.807, 2.05) is 0 Å². The molecule has 0 amide bonds. The molecule has 1 aliphatic carbocycles. The number of alkyl halides is 1. The molecule has 7 heteroatoms. The summed E-state index contributed by atoms with van der Waals surface area (Å²) in [7, 11) is -4.66. The topological polar surface area (TPSA) is 76.0 Å². The van der Waals surface area contributed by atoms with Crippen LogP contribution in [-0.2, 0) is 14.0 Å². The Morgan fingerprint density at radius 2 is 2.00 bits per heavy atom. The van der Waals surface area contributed by atoms with E-state index in [4.69, 9.17) is 19.3 Å². The molecule has 1 heterocycles. The highest BCUT2D eigenvalue weighted by Gasteiger charge is 2.44. The van der Waals surface area contributed by atoms with E-state index in [1.54, 1.807) is 0 Å². The molecule has 2 atom stereocenters. The summed E-state index contributed by atoms with van der Waals surface area (Å²) < 4.78 is 35.1. The van der Waals surface area contributed by atoms with Gasteiger partial charge in [0, 0.05) is 19.3 Å². The molecule has 2 rings (SSSR count). The van der Waals surface area contributed by atoms with Gasteiger partial charge in [0.15, 0.2) is 5.79 Å². The van der Waals surface area contributed by atoms with Crippen LogP contribution in [0.3, 0.4) is 0 Å². The lowest BCUT2D eigenvalue weighted by molar-refractivity contribution is -0.188. The van der Waals surface area contributed by atoms with Crippen LogP contribution in [-0.4, -0.2) is 34.2 Å². The molecule has 0 aromatic carbocycles. The summed E-state index contributed by atoms with van der Waals surface area (Å²) in [6, 6.07) is 0. The second-order valence-electron chi connectivity index (χ2n) is 4.78. The van der Waals surface area contributed by atoms with Crippen molar-refractivity contribution in [3.63, 3.8) is 0 Å². The van der Waals surface area contributed by atoms with Crippen molar-refractivity contribution in [1.29, 1.82) is 0 Å². The molecule has 0 aromatic rings. The fourth-order valence-electron chi connectivity index (χ4n) is 2.44. The first-order chi connectivity index (χ1) is 7.91. The summed E-state index contributed by atoms with van der Waals surface area (Å²) in [5.41, 5.74) is 0. The third-order valence-electron chi connectivity index (χ3n) is 3.35. The van der Waals surface area contributed by atoms with Gasteiger partial charge in [-0.3, -0.25) is 4.57 Å². The smallest absolute Gasteiger partial charge is 0.347 e. The Labute approximate surface area is 99.5 Å². The van der Waals surface area contributed by atoms with E-state index in [-0.39, 0.29) is 13.0 Å². The molecular formula is C10H18FO5P. The minimum absolute atomic E-state index is 0.223. The van der Waals surface area contributed by atoms with Crippen LogP contribution < -0.4 is 0 Å². The van der Waals surface area contributed by atoms with Gasteiger partial charge in [0.05, 0.1) is 12.7 Å². The van der Waals surface area contributed by atoms with Crippen LogP contribution in [0.15, 0.2) is 0 Å². The molecule has 5 nitrogen and oxygen atoms in total. The third-order valence-corrected chi connectivity index (χ3v) is 4.29. The van der Waals surface area contributed by atoms with Crippen LogP contribution in [0, 0.1) is 0 Å². The van der Waals surface area contributed by atoms with Crippen LogP contribution in [0.2, 0.25) is 0 Å². The molecule has 0 aromatic heterocycles. The van der Waals surface area contributed by atoms with Gasteiger partial charge in [-0.15, -0.1) is 0 Å². The van der Waals surface area contributed by atoms with Crippen molar-refractivity contribution in [2.45, 2.75) is 56.3 Å². The predicted octanol–water partition coefficient (Wildman–Crippen LogP) is 1.93. The Hall–Kier alpha value is -0.0000000000000000416. The normalized spacial score (nSPS) is 30.6. The Morgan fingerprint density at radius 3 is 2.59 bits per heavy atom. The summed E-state index contributed by atoms with van der Waals surface area (Å²) in [5.74, 6) is -2.77. The zero-order chi connectivity index (χ0) is 12.5. The fourth-order valence-corrected chi connectivity index (χ4v) is 2.95. The zero-order valence-corrected chi connectivity index (χ0v) is 10.4. The van der Waals surface area contributed by atoms with Crippen LogP contribution >= 0.6 is 7.60 Å². The first-order valence-electron chi connectivity index (χ1n) is 5.92. The van der Waals surface area contributed by atoms with E-state index >= 15 is 0 Å². The van der Waals surface area contributed by atoms with Gasteiger partial charge in [0.1, 0.15) is 0 Å². The SMILES string of the molecule is O=P(O)(O)C(F)CC1COC2(CCCCC2)O1. The van der Waals surface area contributed by atoms with Gasteiger partial charge >= 0.3 is 7.60 Å². The highest BCUT2D eigenvalue weighted by molar-refractivity contribution is 7.52. The third kappa shape index (κ3) is 3.26. The first-order valence-corrected chi connectivity index (χ1v) is 7.61. The summed E-state index contributed by atoms with van der Waals surface area (Å²) in [6.45, 7) is 0.223. The van der Waals surface area contributed by atoms with Gasteiger partial charge in [-0.2, -0.15) is 0 Å². The quantitative estimate of drug-likeness (QED) is 0.765. The average molecular weight is 268 g/mol. The molecule has 0 radical (unpaired) electrons. The van der Waals surface area contributed by atoms with Gasteiger partial charge < -0.3 is 19.3 Å². The molecule has 1 spiro atoms. The number of hydrogen-bond donors (Lipinski definition) is 2. The molecule has 2 unspecified atom stereocenters. The van der Waals surface area contributed by atoms with E-state index in [0.29, 0.717) is 0 Å². The Bertz CT molecular complexity index is 312. The monoisotopic (exact) mass is 268 g/mol. The number of ether oxygens (including phenoxy) is 2.